The van der Waals surface area contributed by atoms with E-state index in [9.17, 15) is 22.6 Å². The summed E-state index contributed by atoms with van der Waals surface area (Å²) in [5.74, 6) is -0.417. The molecular formula is C24H31N2O7S+. The first-order valence-electron chi connectivity index (χ1n) is 11.1. The number of carbonyl (C=O) groups is 2. The Morgan fingerprint density at radius 1 is 1.09 bits per heavy atom. The molecule has 0 bridgehead atoms. The minimum Gasteiger partial charge on any atom is -0.453 e. The Bertz CT molecular complexity index is 1090. The Kier molecular flexibility index (Phi) is 7.96. The van der Waals surface area contributed by atoms with Gasteiger partial charge < -0.3 is 14.4 Å². The van der Waals surface area contributed by atoms with Gasteiger partial charge in [-0.25, -0.2) is 9.59 Å². The first-order valence-corrected chi connectivity index (χ1v) is 12.5. The summed E-state index contributed by atoms with van der Waals surface area (Å²) in [6.45, 7) is 6.05. The Hall–Kier alpha value is -2.95. The number of hydrogen-bond donors (Lipinski definition) is 2. The number of benzene rings is 2. The lowest BCUT2D eigenvalue weighted by molar-refractivity contribution is -0.891. The lowest BCUT2D eigenvalue weighted by Gasteiger charge is -2.32. The van der Waals surface area contributed by atoms with Crippen molar-refractivity contribution in [1.29, 1.82) is 0 Å². The number of hydrogen-bond acceptors (Lipinski definition) is 6. The summed E-state index contributed by atoms with van der Waals surface area (Å²) < 4.78 is 45.9. The molecule has 10 heteroatoms. The van der Waals surface area contributed by atoms with E-state index in [-0.39, 0.29) is 12.6 Å². The molecule has 0 radical (unpaired) electrons. The van der Waals surface area contributed by atoms with Gasteiger partial charge in [-0.15, -0.1) is 0 Å². The van der Waals surface area contributed by atoms with Crippen molar-refractivity contribution in [3.63, 3.8) is 0 Å². The molecule has 1 fully saturated rings. The third kappa shape index (κ3) is 7.02. The minimum atomic E-state index is -4.93. The van der Waals surface area contributed by atoms with E-state index < -0.39 is 34.0 Å². The van der Waals surface area contributed by atoms with Crippen molar-refractivity contribution in [2.24, 2.45) is 0 Å². The number of amides is 1. The normalized spacial score (nSPS) is 19.3. The minimum absolute atomic E-state index is 0.169. The standard InChI is InChI=1S/C24H30N2O7S/c1-24(2,3)33-23(28)26(34(29,30)31)21(18-10-6-4-7-11-18)17-25-15-14-20(16-25)32-22(27)19-12-8-5-9-13-19/h4-13,20-21H,14-17H2,1-3H3,(H,29,30,31)/p+1/t20-,21+/m0/s1. The van der Waals surface area contributed by atoms with Crippen molar-refractivity contribution in [2.45, 2.75) is 44.9 Å². The topological polar surface area (TPSA) is 115 Å². The van der Waals surface area contributed by atoms with E-state index in [0.717, 1.165) is 4.90 Å². The summed E-state index contributed by atoms with van der Waals surface area (Å²) in [6, 6.07) is 16.3. The lowest BCUT2D eigenvalue weighted by atomic mass is 10.1. The van der Waals surface area contributed by atoms with E-state index in [4.69, 9.17) is 9.47 Å². The average Bonchev–Trinajstić information content (AvgIpc) is 3.19. The van der Waals surface area contributed by atoms with Crippen molar-refractivity contribution in [3.8, 4) is 0 Å². The first kappa shape index (κ1) is 25.7. The van der Waals surface area contributed by atoms with Crippen LogP contribution in [0.5, 0.6) is 0 Å². The Labute approximate surface area is 200 Å². The van der Waals surface area contributed by atoms with Crippen LogP contribution >= 0.6 is 0 Å². The second kappa shape index (κ2) is 10.5. The number of rotatable bonds is 7. The van der Waals surface area contributed by atoms with Crippen LogP contribution in [0, 0.1) is 0 Å². The summed E-state index contributed by atoms with van der Waals surface area (Å²) in [5.41, 5.74) is 0.0298. The SMILES string of the molecule is CC(C)(C)OC(=O)N([C@H](C[NH+]1CC[C@H](OC(=O)c2ccccc2)C1)c1ccccc1)S(=O)(=O)O. The van der Waals surface area contributed by atoms with Crippen molar-refractivity contribution in [1.82, 2.24) is 4.31 Å². The molecule has 0 saturated carbocycles. The van der Waals surface area contributed by atoms with Gasteiger partial charge in [0.15, 0.2) is 6.10 Å². The maximum absolute atomic E-state index is 12.8. The van der Waals surface area contributed by atoms with E-state index in [1.54, 1.807) is 75.4 Å². The largest absolute Gasteiger partial charge is 0.453 e. The van der Waals surface area contributed by atoms with Gasteiger partial charge in [0, 0.05) is 6.42 Å². The Balaban J connectivity index is 1.79. The fourth-order valence-electron chi connectivity index (χ4n) is 3.94. The fourth-order valence-corrected chi connectivity index (χ4v) is 4.69. The molecular weight excluding hydrogens is 460 g/mol. The molecule has 3 atom stereocenters. The summed E-state index contributed by atoms with van der Waals surface area (Å²) in [6.07, 6.45) is -0.914. The maximum Gasteiger partial charge on any atom is 0.426 e. The zero-order valence-corrected chi connectivity index (χ0v) is 20.3. The van der Waals surface area contributed by atoms with Gasteiger partial charge in [-0.2, -0.15) is 12.7 Å². The van der Waals surface area contributed by atoms with Crippen LogP contribution in [-0.2, 0) is 19.8 Å². The predicted molar refractivity (Wildman–Crippen MR) is 125 cm³/mol. The molecule has 3 rings (SSSR count). The number of nitrogens with one attached hydrogen (secondary N) is 1. The van der Waals surface area contributed by atoms with Gasteiger partial charge in [0.25, 0.3) is 0 Å². The molecule has 2 aromatic rings. The molecule has 184 valence electrons. The highest BCUT2D eigenvalue weighted by Gasteiger charge is 2.41. The number of nitrogens with zero attached hydrogens (tertiary/aromatic N) is 1. The van der Waals surface area contributed by atoms with Crippen LogP contribution in [0.25, 0.3) is 0 Å². The van der Waals surface area contributed by atoms with Gasteiger partial charge >= 0.3 is 22.4 Å². The zero-order valence-electron chi connectivity index (χ0n) is 19.5. The van der Waals surface area contributed by atoms with Crippen LogP contribution in [-0.4, -0.2) is 60.7 Å². The summed E-state index contributed by atoms with van der Waals surface area (Å²) in [4.78, 5) is 26.2. The first-order chi connectivity index (χ1) is 15.9. The van der Waals surface area contributed by atoms with E-state index >= 15 is 0 Å². The van der Waals surface area contributed by atoms with Gasteiger partial charge in [-0.1, -0.05) is 48.5 Å². The molecule has 34 heavy (non-hydrogen) atoms. The second-order valence-corrected chi connectivity index (χ2v) is 10.6. The highest BCUT2D eigenvalue weighted by molar-refractivity contribution is 7.84. The number of likely N-dealkylation sites (tertiary alicyclic amines) is 1. The summed E-state index contributed by atoms with van der Waals surface area (Å²) >= 11 is 0. The highest BCUT2D eigenvalue weighted by Crippen LogP contribution is 2.25. The summed E-state index contributed by atoms with van der Waals surface area (Å²) in [5, 5.41) is 0. The van der Waals surface area contributed by atoms with Gasteiger partial charge in [-0.05, 0) is 38.5 Å². The molecule has 1 amide bonds. The molecule has 2 aromatic carbocycles. The van der Waals surface area contributed by atoms with Crippen LogP contribution in [0.2, 0.25) is 0 Å². The van der Waals surface area contributed by atoms with Crippen LogP contribution in [0.1, 0.15) is 49.2 Å². The third-order valence-electron chi connectivity index (χ3n) is 5.39. The predicted octanol–water partition coefficient (Wildman–Crippen LogP) is 2.28. The lowest BCUT2D eigenvalue weighted by Crippen LogP contribution is -3.11. The molecule has 0 aromatic heterocycles. The van der Waals surface area contributed by atoms with Gasteiger partial charge in [0.05, 0.1) is 12.1 Å². The molecule has 0 aliphatic carbocycles. The zero-order chi connectivity index (χ0) is 24.9. The second-order valence-electron chi connectivity index (χ2n) is 9.27. The Morgan fingerprint density at radius 3 is 2.24 bits per heavy atom. The number of carbonyl (C=O) groups excluding carboxylic acids is 2. The monoisotopic (exact) mass is 491 g/mol. The van der Waals surface area contributed by atoms with E-state index in [2.05, 4.69) is 0 Å². The van der Waals surface area contributed by atoms with Crippen LogP contribution in [0.3, 0.4) is 0 Å². The number of ether oxygens (including phenoxy) is 2. The van der Waals surface area contributed by atoms with Crippen LogP contribution in [0.4, 0.5) is 4.79 Å². The summed E-state index contributed by atoms with van der Waals surface area (Å²) in [7, 11) is -4.93. The highest BCUT2D eigenvalue weighted by atomic mass is 32.2. The molecule has 0 spiro atoms. The Morgan fingerprint density at radius 2 is 1.68 bits per heavy atom. The van der Waals surface area contributed by atoms with E-state index in [1.807, 2.05) is 6.07 Å². The number of quaternary nitrogens is 1. The van der Waals surface area contributed by atoms with Crippen LogP contribution in [0.15, 0.2) is 60.7 Å². The van der Waals surface area contributed by atoms with Crippen molar-refractivity contribution < 1.29 is 36.9 Å². The quantitative estimate of drug-likeness (QED) is 0.451. The molecule has 1 saturated heterocycles. The average molecular weight is 492 g/mol. The molecule has 1 unspecified atom stereocenters. The van der Waals surface area contributed by atoms with Crippen molar-refractivity contribution >= 4 is 22.4 Å². The van der Waals surface area contributed by atoms with E-state index in [0.29, 0.717) is 34.9 Å². The van der Waals surface area contributed by atoms with Crippen molar-refractivity contribution in [2.75, 3.05) is 19.6 Å². The van der Waals surface area contributed by atoms with E-state index in [1.165, 1.54) is 0 Å². The van der Waals surface area contributed by atoms with Gasteiger partial charge in [0.1, 0.15) is 24.7 Å². The van der Waals surface area contributed by atoms with Gasteiger partial charge in [0.2, 0.25) is 0 Å². The molecule has 9 nitrogen and oxygen atoms in total. The smallest absolute Gasteiger partial charge is 0.426 e. The number of esters is 1. The molecule has 1 aliphatic rings. The van der Waals surface area contributed by atoms with Crippen molar-refractivity contribution in [3.05, 3.63) is 71.8 Å². The molecule has 1 aliphatic heterocycles. The maximum atomic E-state index is 12.8. The molecule has 1 heterocycles. The van der Waals surface area contributed by atoms with Gasteiger partial charge in [-0.3, -0.25) is 4.55 Å². The fraction of sp³-hybridized carbons (Fsp3) is 0.417. The van der Waals surface area contributed by atoms with Crippen LogP contribution < -0.4 is 4.90 Å². The molecule has 2 N–H and O–H groups in total. The third-order valence-corrected chi connectivity index (χ3v) is 6.29.